The smallest absolute Gasteiger partial charge is 0.154 e. The molecule has 2 unspecified atom stereocenters. The molecule has 26 heavy (non-hydrogen) atoms. The molecule has 2 fully saturated rings. The van der Waals surface area contributed by atoms with E-state index in [4.69, 9.17) is 14.6 Å². The van der Waals surface area contributed by atoms with Gasteiger partial charge in [0, 0.05) is 12.3 Å². The second-order valence-corrected chi connectivity index (χ2v) is 8.98. The molecular formula is C21H30N2O3. The summed E-state index contributed by atoms with van der Waals surface area (Å²) in [5, 5.41) is 4.82. The Hall–Kier alpha value is -1.46. The van der Waals surface area contributed by atoms with Crippen LogP contribution in [0.1, 0.15) is 86.8 Å². The van der Waals surface area contributed by atoms with Gasteiger partial charge in [-0.05, 0) is 62.9 Å². The Labute approximate surface area is 155 Å². The summed E-state index contributed by atoms with van der Waals surface area (Å²) in [4.78, 5) is 11.8. The van der Waals surface area contributed by atoms with Gasteiger partial charge in [0.2, 0.25) is 0 Å². The summed E-state index contributed by atoms with van der Waals surface area (Å²) in [7, 11) is 0. The van der Waals surface area contributed by atoms with Gasteiger partial charge < -0.3 is 9.47 Å². The Balaban J connectivity index is 1.60. The zero-order valence-corrected chi connectivity index (χ0v) is 16.2. The van der Waals surface area contributed by atoms with Gasteiger partial charge in [-0.2, -0.15) is 5.10 Å². The van der Waals surface area contributed by atoms with Crippen molar-refractivity contribution in [2.24, 2.45) is 5.41 Å². The fraction of sp³-hybridized carbons (Fsp3) is 0.714. The predicted molar refractivity (Wildman–Crippen MR) is 100 cm³/mol. The van der Waals surface area contributed by atoms with Crippen LogP contribution in [0.5, 0.6) is 0 Å². The molecule has 1 aromatic heterocycles. The topological polar surface area (TPSA) is 53.3 Å². The molecule has 1 aliphatic carbocycles. The maximum Gasteiger partial charge on any atom is 0.154 e. The van der Waals surface area contributed by atoms with Gasteiger partial charge in [0.05, 0.1) is 23.5 Å². The first kappa shape index (κ1) is 17.9. The fourth-order valence-electron chi connectivity index (χ4n) is 4.81. The molecule has 142 valence electrons. The normalized spacial score (nSPS) is 31.2. The van der Waals surface area contributed by atoms with Crippen LogP contribution in [0.25, 0.3) is 5.57 Å². The lowest BCUT2D eigenvalue weighted by Crippen LogP contribution is -2.30. The van der Waals surface area contributed by atoms with E-state index in [2.05, 4.69) is 19.9 Å². The standard InChI is InChI=1S/C21H30N2O3/c1-15-17(12-24)19(22-23(15)18-6-4-5-11-25-18)16-7-9-21(10-8-16)13-20(2,3)14-26-21/h7,12,18H,4-6,8-11,13-14H2,1-3H3. The zero-order valence-electron chi connectivity index (χ0n) is 16.2. The van der Waals surface area contributed by atoms with Crippen molar-refractivity contribution >= 4 is 11.9 Å². The molecule has 3 heterocycles. The molecule has 2 aliphatic heterocycles. The van der Waals surface area contributed by atoms with Gasteiger partial charge in [0.25, 0.3) is 0 Å². The summed E-state index contributed by atoms with van der Waals surface area (Å²) in [6.07, 6.45) is 10.3. The number of carbonyl (C=O) groups excluding carboxylic acids is 1. The SMILES string of the molecule is Cc1c(C=O)c(C2=CCC3(CC2)CC(C)(C)CO3)nn1C1CCCCO1. The molecule has 0 aromatic carbocycles. The first-order valence-corrected chi connectivity index (χ1v) is 9.92. The maximum atomic E-state index is 11.8. The number of hydrogen-bond acceptors (Lipinski definition) is 4. The molecule has 5 heteroatoms. The highest BCUT2D eigenvalue weighted by molar-refractivity contribution is 5.85. The van der Waals surface area contributed by atoms with Crippen molar-refractivity contribution in [3.63, 3.8) is 0 Å². The lowest BCUT2D eigenvalue weighted by atomic mass is 9.76. The Kier molecular flexibility index (Phi) is 4.56. The van der Waals surface area contributed by atoms with Crippen LogP contribution in [0.15, 0.2) is 6.08 Å². The van der Waals surface area contributed by atoms with Crippen LogP contribution in [-0.4, -0.2) is 34.9 Å². The summed E-state index contributed by atoms with van der Waals surface area (Å²) in [5.74, 6) is 0. The third-order valence-corrected chi connectivity index (χ3v) is 6.19. The van der Waals surface area contributed by atoms with E-state index in [1.165, 1.54) is 5.57 Å². The number of hydrogen-bond donors (Lipinski definition) is 0. The first-order chi connectivity index (χ1) is 12.4. The van der Waals surface area contributed by atoms with Crippen molar-refractivity contribution in [3.8, 4) is 0 Å². The van der Waals surface area contributed by atoms with Crippen molar-refractivity contribution in [1.82, 2.24) is 9.78 Å². The van der Waals surface area contributed by atoms with Crippen molar-refractivity contribution in [3.05, 3.63) is 23.0 Å². The molecule has 4 rings (SSSR count). The summed E-state index contributed by atoms with van der Waals surface area (Å²) in [5.41, 5.74) is 3.91. The summed E-state index contributed by atoms with van der Waals surface area (Å²) >= 11 is 0. The van der Waals surface area contributed by atoms with Crippen LogP contribution in [0, 0.1) is 12.3 Å². The third-order valence-electron chi connectivity index (χ3n) is 6.19. The fourth-order valence-corrected chi connectivity index (χ4v) is 4.81. The van der Waals surface area contributed by atoms with Crippen molar-refractivity contribution in [2.45, 2.75) is 77.5 Å². The van der Waals surface area contributed by atoms with E-state index in [1.54, 1.807) is 0 Å². The second kappa shape index (κ2) is 6.61. The number of ether oxygens (including phenoxy) is 2. The predicted octanol–water partition coefficient (Wildman–Crippen LogP) is 4.46. The van der Waals surface area contributed by atoms with Crippen LogP contribution in [0.4, 0.5) is 0 Å². The first-order valence-electron chi connectivity index (χ1n) is 9.92. The molecule has 0 bridgehead atoms. The highest BCUT2D eigenvalue weighted by Crippen LogP contribution is 2.47. The second-order valence-electron chi connectivity index (χ2n) is 8.98. The monoisotopic (exact) mass is 358 g/mol. The molecule has 3 aliphatic rings. The number of aromatic nitrogens is 2. The quantitative estimate of drug-likeness (QED) is 0.749. The van der Waals surface area contributed by atoms with E-state index in [-0.39, 0.29) is 17.2 Å². The van der Waals surface area contributed by atoms with Gasteiger partial charge >= 0.3 is 0 Å². The highest BCUT2D eigenvalue weighted by Gasteiger charge is 2.45. The van der Waals surface area contributed by atoms with Crippen molar-refractivity contribution in [2.75, 3.05) is 13.2 Å². The van der Waals surface area contributed by atoms with Gasteiger partial charge in [-0.1, -0.05) is 19.9 Å². The van der Waals surface area contributed by atoms with E-state index in [0.29, 0.717) is 5.56 Å². The molecule has 0 N–H and O–H groups in total. The van der Waals surface area contributed by atoms with E-state index in [0.717, 1.165) is 75.8 Å². The molecule has 0 radical (unpaired) electrons. The van der Waals surface area contributed by atoms with E-state index >= 15 is 0 Å². The average molecular weight is 358 g/mol. The van der Waals surface area contributed by atoms with Gasteiger partial charge in [-0.25, -0.2) is 4.68 Å². The van der Waals surface area contributed by atoms with Crippen molar-refractivity contribution < 1.29 is 14.3 Å². The number of rotatable bonds is 3. The van der Waals surface area contributed by atoms with Crippen LogP contribution in [-0.2, 0) is 9.47 Å². The van der Waals surface area contributed by atoms with Crippen molar-refractivity contribution in [1.29, 1.82) is 0 Å². The molecule has 5 nitrogen and oxygen atoms in total. The molecule has 0 saturated carbocycles. The Morgan fingerprint density at radius 3 is 2.77 bits per heavy atom. The van der Waals surface area contributed by atoms with Gasteiger partial charge in [0.15, 0.2) is 6.29 Å². The van der Waals surface area contributed by atoms with Crippen LogP contribution in [0.2, 0.25) is 0 Å². The van der Waals surface area contributed by atoms with Gasteiger partial charge in [-0.15, -0.1) is 0 Å². The zero-order chi connectivity index (χ0) is 18.4. The molecular weight excluding hydrogens is 328 g/mol. The number of carbonyl (C=O) groups is 1. The largest absolute Gasteiger partial charge is 0.374 e. The minimum absolute atomic E-state index is 0.0154. The Bertz CT molecular complexity index is 728. The maximum absolute atomic E-state index is 11.8. The highest BCUT2D eigenvalue weighted by atomic mass is 16.5. The van der Waals surface area contributed by atoms with Gasteiger partial charge in [0.1, 0.15) is 6.23 Å². The molecule has 2 saturated heterocycles. The molecule has 2 atom stereocenters. The van der Waals surface area contributed by atoms with E-state index < -0.39 is 0 Å². The summed E-state index contributed by atoms with van der Waals surface area (Å²) < 4.78 is 14.0. The van der Waals surface area contributed by atoms with Crippen LogP contribution >= 0.6 is 0 Å². The van der Waals surface area contributed by atoms with Crippen LogP contribution < -0.4 is 0 Å². The number of aldehydes is 1. The van der Waals surface area contributed by atoms with Gasteiger partial charge in [-0.3, -0.25) is 4.79 Å². The Morgan fingerprint density at radius 2 is 2.19 bits per heavy atom. The summed E-state index contributed by atoms with van der Waals surface area (Å²) in [6.45, 7) is 8.14. The molecule has 0 amide bonds. The average Bonchev–Trinajstić information content (AvgIpc) is 3.13. The summed E-state index contributed by atoms with van der Waals surface area (Å²) in [6, 6.07) is 0. The third kappa shape index (κ3) is 3.16. The minimum Gasteiger partial charge on any atom is -0.374 e. The minimum atomic E-state index is -0.0364. The van der Waals surface area contributed by atoms with E-state index in [1.807, 2.05) is 11.6 Å². The lowest BCUT2D eigenvalue weighted by molar-refractivity contribution is -0.0407. The number of allylic oxidation sites excluding steroid dienone is 1. The number of nitrogens with zero attached hydrogens (tertiary/aromatic N) is 2. The van der Waals surface area contributed by atoms with Crippen LogP contribution in [0.3, 0.4) is 0 Å². The lowest BCUT2D eigenvalue weighted by Gasteiger charge is -2.32. The van der Waals surface area contributed by atoms with E-state index in [9.17, 15) is 4.79 Å². The molecule has 1 spiro atoms. The molecule has 1 aromatic rings. The Morgan fingerprint density at radius 1 is 1.35 bits per heavy atom.